The van der Waals surface area contributed by atoms with Gasteiger partial charge in [-0.1, -0.05) is 6.07 Å². The summed E-state index contributed by atoms with van der Waals surface area (Å²) in [5.74, 6) is -0.354. The molecule has 0 saturated carbocycles. The van der Waals surface area contributed by atoms with Gasteiger partial charge >= 0.3 is 0 Å². The second-order valence-corrected chi connectivity index (χ2v) is 4.59. The Kier molecular flexibility index (Phi) is 3.60. The first-order chi connectivity index (χ1) is 8.97. The van der Waals surface area contributed by atoms with Gasteiger partial charge in [0.05, 0.1) is 11.7 Å². The standard InChI is InChI=1S/C15H16FNO2/c1-9-3-6-14(13(16)7-9)17-10(2)12-5-4-11(18)8-15(12)19/h3-8,10,17-19H,1-2H3. The predicted octanol–water partition coefficient (Wildman–Crippen LogP) is 3.72. The van der Waals surface area contributed by atoms with Gasteiger partial charge in [0.2, 0.25) is 0 Å². The topological polar surface area (TPSA) is 52.5 Å². The summed E-state index contributed by atoms with van der Waals surface area (Å²) in [7, 11) is 0. The van der Waals surface area contributed by atoms with Crippen molar-refractivity contribution in [2.45, 2.75) is 19.9 Å². The van der Waals surface area contributed by atoms with Crippen LogP contribution in [0.15, 0.2) is 36.4 Å². The van der Waals surface area contributed by atoms with Gasteiger partial charge in [-0.15, -0.1) is 0 Å². The lowest BCUT2D eigenvalue weighted by Crippen LogP contribution is -2.08. The van der Waals surface area contributed by atoms with Crippen molar-refractivity contribution < 1.29 is 14.6 Å². The van der Waals surface area contributed by atoms with E-state index in [9.17, 15) is 14.6 Å². The molecule has 0 aliphatic heterocycles. The lowest BCUT2D eigenvalue weighted by atomic mass is 10.1. The first-order valence-corrected chi connectivity index (χ1v) is 6.02. The number of aryl methyl sites for hydroxylation is 1. The van der Waals surface area contributed by atoms with Crippen LogP contribution >= 0.6 is 0 Å². The van der Waals surface area contributed by atoms with Gasteiger partial charge in [0.1, 0.15) is 17.3 Å². The summed E-state index contributed by atoms with van der Waals surface area (Å²) < 4.78 is 13.7. The molecule has 100 valence electrons. The number of phenolic OH excluding ortho intramolecular Hbond substituents is 2. The largest absolute Gasteiger partial charge is 0.508 e. The summed E-state index contributed by atoms with van der Waals surface area (Å²) in [6.07, 6.45) is 0. The van der Waals surface area contributed by atoms with Crippen LogP contribution in [0.3, 0.4) is 0 Å². The summed E-state index contributed by atoms with van der Waals surface area (Å²) in [6, 6.07) is 9.00. The predicted molar refractivity (Wildman–Crippen MR) is 72.9 cm³/mol. The van der Waals surface area contributed by atoms with Crippen LogP contribution in [0, 0.1) is 12.7 Å². The number of hydrogen-bond donors (Lipinski definition) is 3. The van der Waals surface area contributed by atoms with Crippen molar-refractivity contribution in [3.8, 4) is 11.5 Å². The Hall–Kier alpha value is -2.23. The molecule has 4 heteroatoms. The zero-order chi connectivity index (χ0) is 14.0. The molecule has 0 fully saturated rings. The van der Waals surface area contributed by atoms with Crippen molar-refractivity contribution in [1.29, 1.82) is 0 Å². The first kappa shape index (κ1) is 13.2. The number of halogens is 1. The Labute approximate surface area is 111 Å². The molecule has 3 N–H and O–H groups in total. The van der Waals surface area contributed by atoms with Crippen LogP contribution in [0.2, 0.25) is 0 Å². The lowest BCUT2D eigenvalue weighted by Gasteiger charge is -2.17. The molecule has 0 radical (unpaired) electrons. The van der Waals surface area contributed by atoms with Gasteiger partial charge < -0.3 is 15.5 Å². The summed E-state index contributed by atoms with van der Waals surface area (Å²) in [5, 5.41) is 22.0. The molecule has 1 unspecified atom stereocenters. The van der Waals surface area contributed by atoms with Crippen molar-refractivity contribution in [2.24, 2.45) is 0 Å². The number of rotatable bonds is 3. The second kappa shape index (κ2) is 5.18. The highest BCUT2D eigenvalue weighted by Gasteiger charge is 2.12. The third kappa shape index (κ3) is 2.96. The molecular weight excluding hydrogens is 245 g/mol. The smallest absolute Gasteiger partial charge is 0.146 e. The number of aromatic hydroxyl groups is 2. The fourth-order valence-electron chi connectivity index (χ4n) is 1.95. The van der Waals surface area contributed by atoms with E-state index in [2.05, 4.69) is 5.32 Å². The molecule has 0 amide bonds. The monoisotopic (exact) mass is 261 g/mol. The molecule has 19 heavy (non-hydrogen) atoms. The van der Waals surface area contributed by atoms with E-state index in [-0.39, 0.29) is 23.4 Å². The van der Waals surface area contributed by atoms with E-state index < -0.39 is 0 Å². The number of hydrogen-bond acceptors (Lipinski definition) is 3. The molecule has 1 atom stereocenters. The van der Waals surface area contributed by atoms with Crippen LogP contribution in [0.5, 0.6) is 11.5 Å². The Morgan fingerprint density at radius 2 is 1.84 bits per heavy atom. The van der Waals surface area contributed by atoms with Gasteiger partial charge in [-0.2, -0.15) is 0 Å². The highest BCUT2D eigenvalue weighted by Crippen LogP contribution is 2.30. The molecular formula is C15H16FNO2. The quantitative estimate of drug-likeness (QED) is 0.789. The van der Waals surface area contributed by atoms with Crippen LogP contribution in [-0.4, -0.2) is 10.2 Å². The number of nitrogens with one attached hydrogen (secondary N) is 1. The minimum absolute atomic E-state index is 0.00466. The SMILES string of the molecule is Cc1ccc(NC(C)c2ccc(O)cc2O)c(F)c1. The Bertz CT molecular complexity index is 599. The first-order valence-electron chi connectivity index (χ1n) is 6.02. The maximum absolute atomic E-state index is 13.7. The zero-order valence-electron chi connectivity index (χ0n) is 10.8. The van der Waals surface area contributed by atoms with Crippen LogP contribution < -0.4 is 5.32 Å². The minimum Gasteiger partial charge on any atom is -0.508 e. The lowest BCUT2D eigenvalue weighted by molar-refractivity contribution is 0.444. The molecule has 0 aliphatic rings. The average molecular weight is 261 g/mol. The van der Waals surface area contributed by atoms with Crippen LogP contribution in [0.4, 0.5) is 10.1 Å². The molecule has 0 aliphatic carbocycles. The van der Waals surface area contributed by atoms with E-state index in [1.165, 1.54) is 18.2 Å². The molecule has 2 rings (SSSR count). The van der Waals surface area contributed by atoms with Gasteiger partial charge in [0, 0.05) is 11.6 Å². The van der Waals surface area contributed by atoms with Gasteiger partial charge in [0.15, 0.2) is 0 Å². The maximum Gasteiger partial charge on any atom is 0.146 e. The number of anilines is 1. The third-order valence-corrected chi connectivity index (χ3v) is 2.98. The molecule has 0 saturated heterocycles. The van der Waals surface area contributed by atoms with Gasteiger partial charge in [-0.3, -0.25) is 0 Å². The second-order valence-electron chi connectivity index (χ2n) is 4.59. The summed E-state index contributed by atoms with van der Waals surface area (Å²) >= 11 is 0. The van der Waals surface area contributed by atoms with Crippen LogP contribution in [0.25, 0.3) is 0 Å². The molecule has 0 spiro atoms. The van der Waals surface area contributed by atoms with Crippen LogP contribution in [-0.2, 0) is 0 Å². The number of phenols is 2. The molecule has 2 aromatic carbocycles. The third-order valence-electron chi connectivity index (χ3n) is 2.98. The van der Waals surface area contributed by atoms with Crippen molar-refractivity contribution in [3.63, 3.8) is 0 Å². The Morgan fingerprint density at radius 1 is 1.11 bits per heavy atom. The molecule has 3 nitrogen and oxygen atoms in total. The van der Waals surface area contributed by atoms with E-state index in [1.807, 2.05) is 19.9 Å². The van der Waals surface area contributed by atoms with E-state index in [1.54, 1.807) is 12.1 Å². The summed E-state index contributed by atoms with van der Waals surface area (Å²) in [4.78, 5) is 0. The number of benzene rings is 2. The fourth-order valence-corrected chi connectivity index (χ4v) is 1.95. The summed E-state index contributed by atoms with van der Waals surface area (Å²) in [6.45, 7) is 3.63. The van der Waals surface area contributed by atoms with Crippen molar-refractivity contribution in [2.75, 3.05) is 5.32 Å². The molecule has 0 heterocycles. The van der Waals surface area contributed by atoms with E-state index in [0.29, 0.717) is 11.3 Å². The van der Waals surface area contributed by atoms with Gasteiger partial charge in [0.25, 0.3) is 0 Å². The van der Waals surface area contributed by atoms with Crippen LogP contribution in [0.1, 0.15) is 24.1 Å². The zero-order valence-corrected chi connectivity index (χ0v) is 10.8. The van der Waals surface area contributed by atoms with Crippen molar-refractivity contribution in [1.82, 2.24) is 0 Å². The molecule has 0 bridgehead atoms. The van der Waals surface area contributed by atoms with E-state index >= 15 is 0 Å². The molecule has 2 aromatic rings. The maximum atomic E-state index is 13.7. The van der Waals surface area contributed by atoms with Crippen molar-refractivity contribution in [3.05, 3.63) is 53.3 Å². The Balaban J connectivity index is 2.23. The van der Waals surface area contributed by atoms with E-state index in [0.717, 1.165) is 5.56 Å². The minimum atomic E-state index is -0.329. The van der Waals surface area contributed by atoms with Gasteiger partial charge in [-0.05, 0) is 43.7 Å². The Morgan fingerprint density at radius 3 is 2.47 bits per heavy atom. The average Bonchev–Trinajstić information content (AvgIpc) is 2.32. The highest BCUT2D eigenvalue weighted by atomic mass is 19.1. The summed E-state index contributed by atoms with van der Waals surface area (Å²) in [5.41, 5.74) is 1.83. The fraction of sp³-hybridized carbons (Fsp3) is 0.200. The van der Waals surface area contributed by atoms with Gasteiger partial charge in [-0.25, -0.2) is 4.39 Å². The molecule has 0 aromatic heterocycles. The van der Waals surface area contributed by atoms with E-state index in [4.69, 9.17) is 0 Å². The van der Waals surface area contributed by atoms with Crippen molar-refractivity contribution >= 4 is 5.69 Å². The normalized spacial score (nSPS) is 12.2. The highest BCUT2D eigenvalue weighted by molar-refractivity contribution is 5.50.